The van der Waals surface area contributed by atoms with Crippen molar-refractivity contribution >= 4 is 45.0 Å². The molecule has 3 aromatic rings. The first-order valence-corrected chi connectivity index (χ1v) is 10.7. The molecule has 156 valence electrons. The lowest BCUT2D eigenvalue weighted by Crippen LogP contribution is -2.15. The van der Waals surface area contributed by atoms with Gasteiger partial charge in [-0.2, -0.15) is 0 Å². The lowest BCUT2D eigenvalue weighted by molar-refractivity contribution is -0.385. The first-order chi connectivity index (χ1) is 14.3. The molecule has 1 heterocycles. The number of aromatic nitrogens is 3. The van der Waals surface area contributed by atoms with Gasteiger partial charge in [-0.15, -0.1) is 10.2 Å². The predicted molar refractivity (Wildman–Crippen MR) is 118 cm³/mol. The van der Waals surface area contributed by atoms with E-state index in [2.05, 4.69) is 31.4 Å². The number of thioether (sulfide) groups is 1. The first kappa shape index (κ1) is 21.8. The zero-order valence-electron chi connectivity index (χ0n) is 16.1. The van der Waals surface area contributed by atoms with Gasteiger partial charge in [0.1, 0.15) is 5.75 Å². The molecule has 30 heavy (non-hydrogen) atoms. The van der Waals surface area contributed by atoms with Gasteiger partial charge < -0.3 is 15.0 Å². The minimum Gasteiger partial charge on any atom is -0.507 e. The van der Waals surface area contributed by atoms with Gasteiger partial charge >= 0.3 is 0 Å². The van der Waals surface area contributed by atoms with Crippen LogP contribution >= 0.6 is 27.7 Å². The molecule has 3 rings (SSSR count). The predicted octanol–water partition coefficient (Wildman–Crippen LogP) is 4.38. The number of amides is 1. The molecule has 0 atom stereocenters. The van der Waals surface area contributed by atoms with Crippen molar-refractivity contribution in [2.75, 3.05) is 11.1 Å². The number of nitro groups is 1. The van der Waals surface area contributed by atoms with Gasteiger partial charge in [-0.3, -0.25) is 14.9 Å². The zero-order valence-corrected chi connectivity index (χ0v) is 18.5. The Morgan fingerprint density at radius 1 is 1.30 bits per heavy atom. The van der Waals surface area contributed by atoms with Crippen LogP contribution in [0, 0.1) is 17.0 Å². The van der Waals surface area contributed by atoms with Crippen molar-refractivity contribution in [3.8, 4) is 17.1 Å². The average molecular weight is 492 g/mol. The van der Waals surface area contributed by atoms with Crippen LogP contribution in [0.5, 0.6) is 5.75 Å². The van der Waals surface area contributed by atoms with Crippen LogP contribution in [-0.4, -0.2) is 36.5 Å². The molecule has 0 spiro atoms. The molecule has 0 fully saturated rings. The van der Waals surface area contributed by atoms with Crippen molar-refractivity contribution in [3.63, 3.8) is 0 Å². The van der Waals surface area contributed by atoms with E-state index in [0.29, 0.717) is 34.3 Å². The number of aromatic hydroxyl groups is 1. The molecule has 0 unspecified atom stereocenters. The van der Waals surface area contributed by atoms with Crippen molar-refractivity contribution in [2.45, 2.75) is 25.5 Å². The summed E-state index contributed by atoms with van der Waals surface area (Å²) in [4.78, 5) is 22.9. The molecule has 1 amide bonds. The van der Waals surface area contributed by atoms with Gasteiger partial charge in [0, 0.05) is 28.3 Å². The Morgan fingerprint density at radius 3 is 2.77 bits per heavy atom. The molecule has 0 aliphatic rings. The Bertz CT molecular complexity index is 1120. The zero-order chi connectivity index (χ0) is 21.8. The number of aryl methyl sites for hydroxylation is 1. The van der Waals surface area contributed by atoms with Crippen molar-refractivity contribution in [3.05, 3.63) is 56.5 Å². The number of hydrogen-bond acceptors (Lipinski definition) is 7. The number of carbonyl (C=O) groups is 1. The summed E-state index contributed by atoms with van der Waals surface area (Å²) in [5.41, 5.74) is 1.35. The van der Waals surface area contributed by atoms with Crippen LogP contribution in [0.2, 0.25) is 0 Å². The maximum Gasteiger partial charge on any atom is 0.274 e. The smallest absolute Gasteiger partial charge is 0.274 e. The van der Waals surface area contributed by atoms with Gasteiger partial charge in [0.2, 0.25) is 5.91 Å². The second-order valence-electron chi connectivity index (χ2n) is 6.31. The number of carbonyl (C=O) groups excluding carboxylic acids is 1. The third kappa shape index (κ3) is 4.79. The van der Waals surface area contributed by atoms with Gasteiger partial charge in [0.25, 0.3) is 5.69 Å². The maximum absolute atomic E-state index is 12.3. The molecule has 0 saturated heterocycles. The van der Waals surface area contributed by atoms with Crippen LogP contribution in [0.15, 0.2) is 46.0 Å². The van der Waals surface area contributed by atoms with E-state index in [1.54, 1.807) is 41.8 Å². The normalized spacial score (nSPS) is 10.8. The highest BCUT2D eigenvalue weighted by atomic mass is 79.9. The quantitative estimate of drug-likeness (QED) is 0.285. The Hall–Kier alpha value is -2.92. The maximum atomic E-state index is 12.3. The summed E-state index contributed by atoms with van der Waals surface area (Å²) in [5.74, 6) is 0.296. The molecular formula is C19H18BrN5O4S. The van der Waals surface area contributed by atoms with Crippen LogP contribution in [0.4, 0.5) is 11.4 Å². The van der Waals surface area contributed by atoms with Crippen LogP contribution in [0.1, 0.15) is 12.5 Å². The van der Waals surface area contributed by atoms with E-state index < -0.39 is 4.92 Å². The molecule has 0 aliphatic heterocycles. The van der Waals surface area contributed by atoms with E-state index in [1.807, 2.05) is 6.92 Å². The number of halogens is 1. The summed E-state index contributed by atoms with van der Waals surface area (Å²) < 4.78 is 2.60. The largest absolute Gasteiger partial charge is 0.507 e. The number of nitrogens with zero attached hydrogens (tertiary/aromatic N) is 4. The molecule has 1 aromatic heterocycles. The summed E-state index contributed by atoms with van der Waals surface area (Å²) in [6.07, 6.45) is 0. The summed E-state index contributed by atoms with van der Waals surface area (Å²) in [6, 6.07) is 9.58. The van der Waals surface area contributed by atoms with Crippen molar-refractivity contribution < 1.29 is 14.8 Å². The minimum absolute atomic E-state index is 0.0459. The first-order valence-electron chi connectivity index (χ1n) is 8.90. The van der Waals surface area contributed by atoms with E-state index in [1.165, 1.54) is 17.8 Å². The monoisotopic (exact) mass is 491 g/mol. The standard InChI is InChI=1S/C19H18BrN5O4S/c1-3-24-18(14-8-12(20)5-7-16(14)26)22-23-19(24)30-10-17(27)21-13-6-4-11(2)15(9-13)25(28)29/h4-9,26H,3,10H2,1-2H3,(H,21,27). The SMILES string of the molecule is CCn1c(SCC(=O)Nc2ccc(C)c([N+](=O)[O-])c2)nnc1-c1cc(Br)ccc1O. The summed E-state index contributed by atoms with van der Waals surface area (Å²) >= 11 is 4.57. The van der Waals surface area contributed by atoms with Gasteiger partial charge in [0.15, 0.2) is 11.0 Å². The highest BCUT2D eigenvalue weighted by Gasteiger charge is 2.18. The number of phenols is 1. The number of rotatable bonds is 7. The van der Waals surface area contributed by atoms with E-state index in [0.717, 1.165) is 4.47 Å². The molecule has 0 aliphatic carbocycles. The van der Waals surface area contributed by atoms with Gasteiger partial charge in [-0.1, -0.05) is 33.8 Å². The third-order valence-electron chi connectivity index (χ3n) is 4.25. The van der Waals surface area contributed by atoms with Crippen molar-refractivity contribution in [2.24, 2.45) is 0 Å². The molecule has 0 saturated carbocycles. The fourth-order valence-corrected chi connectivity index (χ4v) is 3.94. The van der Waals surface area contributed by atoms with Crippen LogP contribution < -0.4 is 5.32 Å². The van der Waals surface area contributed by atoms with Crippen molar-refractivity contribution in [1.82, 2.24) is 14.8 Å². The summed E-state index contributed by atoms with van der Waals surface area (Å²) in [5, 5.41) is 32.7. The second kappa shape index (κ2) is 9.26. The Kier molecular flexibility index (Phi) is 6.73. The van der Waals surface area contributed by atoms with Gasteiger partial charge in [0.05, 0.1) is 16.2 Å². The van der Waals surface area contributed by atoms with Crippen LogP contribution in [0.25, 0.3) is 11.4 Å². The molecule has 9 nitrogen and oxygen atoms in total. The van der Waals surface area contributed by atoms with Gasteiger partial charge in [-0.05, 0) is 38.1 Å². The number of anilines is 1. The molecule has 0 bridgehead atoms. The minimum atomic E-state index is -0.484. The van der Waals surface area contributed by atoms with Crippen LogP contribution in [0.3, 0.4) is 0 Å². The third-order valence-corrected chi connectivity index (χ3v) is 5.71. The summed E-state index contributed by atoms with van der Waals surface area (Å²) in [6.45, 7) is 4.09. The van der Waals surface area contributed by atoms with E-state index in [-0.39, 0.29) is 23.1 Å². The second-order valence-corrected chi connectivity index (χ2v) is 8.17. The van der Waals surface area contributed by atoms with Crippen molar-refractivity contribution in [1.29, 1.82) is 0 Å². The Morgan fingerprint density at radius 2 is 2.07 bits per heavy atom. The molecular weight excluding hydrogens is 474 g/mol. The summed E-state index contributed by atoms with van der Waals surface area (Å²) in [7, 11) is 0. The average Bonchev–Trinajstić information content (AvgIpc) is 3.12. The number of phenolic OH excluding ortho intramolecular Hbond substituents is 1. The van der Waals surface area contributed by atoms with E-state index in [4.69, 9.17) is 0 Å². The fraction of sp³-hybridized carbons (Fsp3) is 0.211. The molecule has 11 heteroatoms. The number of nitrogens with one attached hydrogen (secondary N) is 1. The highest BCUT2D eigenvalue weighted by Crippen LogP contribution is 2.32. The molecule has 2 aromatic carbocycles. The Labute approximate surface area is 184 Å². The molecule has 0 radical (unpaired) electrons. The van der Waals surface area contributed by atoms with Crippen LogP contribution in [-0.2, 0) is 11.3 Å². The van der Waals surface area contributed by atoms with E-state index in [9.17, 15) is 20.0 Å². The topological polar surface area (TPSA) is 123 Å². The van der Waals surface area contributed by atoms with E-state index >= 15 is 0 Å². The molecule has 2 N–H and O–H groups in total. The lowest BCUT2D eigenvalue weighted by atomic mass is 10.2. The Balaban J connectivity index is 1.73. The number of nitro benzene ring substituents is 1. The highest BCUT2D eigenvalue weighted by molar-refractivity contribution is 9.10. The van der Waals surface area contributed by atoms with Gasteiger partial charge in [-0.25, -0.2) is 0 Å². The number of hydrogen-bond donors (Lipinski definition) is 2. The lowest BCUT2D eigenvalue weighted by Gasteiger charge is -2.09. The fourth-order valence-electron chi connectivity index (χ4n) is 2.78. The number of benzene rings is 2.